The number of aromatic nitrogens is 1. The molecule has 1 aromatic rings. The minimum atomic E-state index is -1.18. The number of nitrogens with zero attached hydrogens (tertiary/aromatic N) is 1. The molecule has 8 heteroatoms. The Balaban J connectivity index is 2.13. The van der Waals surface area contributed by atoms with Crippen molar-refractivity contribution in [2.45, 2.75) is 31.3 Å². The molecule has 1 saturated heterocycles. The Bertz CT molecular complexity index is 450. The van der Waals surface area contributed by atoms with E-state index in [0.29, 0.717) is 5.01 Å². The highest BCUT2D eigenvalue weighted by Crippen LogP contribution is 2.35. The number of carbonyl (C=O) groups is 1. The number of hydrogen-bond acceptors (Lipinski definition) is 8. The molecule has 0 spiro atoms. The number of thiazole rings is 1. The number of esters is 1. The van der Waals surface area contributed by atoms with Crippen molar-refractivity contribution in [1.29, 1.82) is 0 Å². The van der Waals surface area contributed by atoms with Gasteiger partial charge in [-0.25, -0.2) is 9.78 Å². The van der Waals surface area contributed by atoms with Crippen molar-refractivity contribution in [3.05, 3.63) is 16.1 Å². The maximum atomic E-state index is 11.5. The monoisotopic (exact) mass is 289 g/mol. The largest absolute Gasteiger partial charge is 0.461 e. The number of carbonyl (C=O) groups excluding carboxylic acids is 1. The van der Waals surface area contributed by atoms with Crippen molar-refractivity contribution in [2.75, 3.05) is 13.2 Å². The highest BCUT2D eigenvalue weighted by molar-refractivity contribution is 7.09. The van der Waals surface area contributed by atoms with Crippen LogP contribution in [0.5, 0.6) is 0 Å². The van der Waals surface area contributed by atoms with Gasteiger partial charge in [0.1, 0.15) is 29.4 Å². The molecule has 2 heterocycles. The zero-order valence-corrected chi connectivity index (χ0v) is 11.0. The van der Waals surface area contributed by atoms with Gasteiger partial charge in [-0.15, -0.1) is 11.3 Å². The second kappa shape index (κ2) is 5.93. The summed E-state index contributed by atoms with van der Waals surface area (Å²) in [4.78, 5) is 15.5. The Morgan fingerprint density at radius 1 is 1.53 bits per heavy atom. The van der Waals surface area contributed by atoms with Crippen LogP contribution in [0.3, 0.4) is 0 Å². The average Bonchev–Trinajstić information content (AvgIpc) is 2.97. The lowest BCUT2D eigenvalue weighted by atomic mass is 10.1. The lowest BCUT2D eigenvalue weighted by Crippen LogP contribution is -2.32. The highest BCUT2D eigenvalue weighted by Gasteiger charge is 2.44. The Hall–Kier alpha value is -1.06. The minimum Gasteiger partial charge on any atom is -0.461 e. The Kier molecular flexibility index (Phi) is 4.48. The molecule has 1 unspecified atom stereocenters. The lowest BCUT2D eigenvalue weighted by Gasteiger charge is -2.11. The van der Waals surface area contributed by atoms with Crippen LogP contribution in [0.1, 0.15) is 28.5 Å². The van der Waals surface area contributed by atoms with E-state index < -0.39 is 37.0 Å². The van der Waals surface area contributed by atoms with E-state index in [-0.39, 0.29) is 12.3 Å². The van der Waals surface area contributed by atoms with E-state index in [0.717, 1.165) is 11.3 Å². The molecule has 3 N–H and O–H groups in total. The molecule has 2 rings (SSSR count). The molecule has 1 aliphatic heterocycles. The van der Waals surface area contributed by atoms with Gasteiger partial charge in [0.2, 0.25) is 0 Å². The number of ether oxygens (including phenoxy) is 2. The summed E-state index contributed by atoms with van der Waals surface area (Å²) in [6.07, 6.45) is -4.06. The van der Waals surface area contributed by atoms with Crippen LogP contribution in [0.2, 0.25) is 0 Å². The van der Waals surface area contributed by atoms with Crippen LogP contribution in [0, 0.1) is 0 Å². The maximum absolute atomic E-state index is 11.5. The fourth-order valence-corrected chi connectivity index (χ4v) is 2.68. The first kappa shape index (κ1) is 14.4. The molecular formula is C11H15NO6S. The van der Waals surface area contributed by atoms with Gasteiger partial charge in [0.25, 0.3) is 0 Å². The Labute approximate surface area is 113 Å². The normalized spacial score (nSPS) is 30.5. The second-order valence-corrected chi connectivity index (χ2v) is 4.94. The van der Waals surface area contributed by atoms with E-state index in [1.54, 1.807) is 6.92 Å². The second-order valence-electron chi connectivity index (χ2n) is 4.05. The van der Waals surface area contributed by atoms with E-state index in [1.807, 2.05) is 0 Å². The molecule has 0 aliphatic carbocycles. The van der Waals surface area contributed by atoms with Crippen LogP contribution in [-0.4, -0.2) is 57.8 Å². The third-order valence-electron chi connectivity index (χ3n) is 2.79. The highest BCUT2D eigenvalue weighted by atomic mass is 32.1. The Morgan fingerprint density at radius 2 is 2.26 bits per heavy atom. The van der Waals surface area contributed by atoms with Crippen LogP contribution in [0.4, 0.5) is 0 Å². The maximum Gasteiger partial charge on any atom is 0.357 e. The molecule has 0 bridgehead atoms. The van der Waals surface area contributed by atoms with Gasteiger partial charge in [-0.3, -0.25) is 0 Å². The fourth-order valence-electron chi connectivity index (χ4n) is 1.82. The summed E-state index contributed by atoms with van der Waals surface area (Å²) in [6.45, 7) is 1.54. The SMILES string of the molecule is CCOC(=O)c1csc(C2O[C@H](CO)[C@@H](O)[C@H]2O)n1. The van der Waals surface area contributed by atoms with Gasteiger partial charge in [0.05, 0.1) is 13.2 Å². The summed E-state index contributed by atoms with van der Waals surface area (Å²) in [5, 5.41) is 30.3. The first-order valence-corrected chi connectivity index (χ1v) is 6.71. The minimum absolute atomic E-state index is 0.139. The van der Waals surface area contributed by atoms with Crippen LogP contribution < -0.4 is 0 Å². The van der Waals surface area contributed by atoms with Gasteiger partial charge in [-0.1, -0.05) is 0 Å². The zero-order chi connectivity index (χ0) is 14.0. The van der Waals surface area contributed by atoms with Crippen molar-refractivity contribution >= 4 is 17.3 Å². The molecule has 1 fully saturated rings. The smallest absolute Gasteiger partial charge is 0.357 e. The molecule has 106 valence electrons. The molecule has 1 aliphatic rings. The van der Waals surface area contributed by atoms with Crippen LogP contribution >= 0.6 is 11.3 Å². The zero-order valence-electron chi connectivity index (χ0n) is 10.2. The summed E-state index contributed by atoms with van der Waals surface area (Å²) < 4.78 is 10.1. The van der Waals surface area contributed by atoms with Gasteiger partial charge in [-0.05, 0) is 6.92 Å². The van der Waals surface area contributed by atoms with Crippen LogP contribution in [0.25, 0.3) is 0 Å². The molecular weight excluding hydrogens is 274 g/mol. The molecule has 19 heavy (non-hydrogen) atoms. The van der Waals surface area contributed by atoms with Crippen molar-refractivity contribution in [1.82, 2.24) is 4.98 Å². The predicted octanol–water partition coefficient (Wildman–Crippen LogP) is -0.526. The van der Waals surface area contributed by atoms with Crippen molar-refractivity contribution in [3.63, 3.8) is 0 Å². The molecule has 0 aromatic carbocycles. The third-order valence-corrected chi connectivity index (χ3v) is 3.70. The van der Waals surface area contributed by atoms with Crippen LogP contribution in [-0.2, 0) is 9.47 Å². The fraction of sp³-hybridized carbons (Fsp3) is 0.636. The van der Waals surface area contributed by atoms with Gasteiger partial charge in [0, 0.05) is 5.38 Å². The molecule has 0 amide bonds. The van der Waals surface area contributed by atoms with Gasteiger partial charge in [0.15, 0.2) is 5.69 Å². The van der Waals surface area contributed by atoms with Crippen molar-refractivity contribution in [3.8, 4) is 0 Å². The van der Waals surface area contributed by atoms with E-state index in [2.05, 4.69) is 4.98 Å². The number of hydrogen-bond donors (Lipinski definition) is 3. The van der Waals surface area contributed by atoms with Gasteiger partial charge >= 0.3 is 5.97 Å². The molecule has 1 aromatic heterocycles. The number of aliphatic hydroxyl groups is 3. The standard InChI is InChI=1S/C11H15NO6S/c1-2-17-11(16)5-4-19-10(12-5)9-8(15)7(14)6(3-13)18-9/h4,6-9,13-15H,2-3H2,1H3/t6-,7-,8-,9?/m1/s1. The number of rotatable bonds is 4. The number of aliphatic hydroxyl groups excluding tert-OH is 3. The quantitative estimate of drug-likeness (QED) is 0.639. The summed E-state index contributed by atoms with van der Waals surface area (Å²) in [6, 6.07) is 0. The third kappa shape index (κ3) is 2.77. The Morgan fingerprint density at radius 3 is 2.84 bits per heavy atom. The van der Waals surface area contributed by atoms with Crippen molar-refractivity contribution < 1.29 is 29.6 Å². The lowest BCUT2D eigenvalue weighted by molar-refractivity contribution is -0.0228. The van der Waals surface area contributed by atoms with E-state index in [4.69, 9.17) is 14.6 Å². The average molecular weight is 289 g/mol. The van der Waals surface area contributed by atoms with E-state index in [1.165, 1.54) is 5.38 Å². The van der Waals surface area contributed by atoms with E-state index in [9.17, 15) is 15.0 Å². The predicted molar refractivity (Wildman–Crippen MR) is 64.8 cm³/mol. The summed E-state index contributed by atoms with van der Waals surface area (Å²) in [7, 11) is 0. The van der Waals surface area contributed by atoms with E-state index >= 15 is 0 Å². The molecule has 4 atom stereocenters. The first-order chi connectivity index (χ1) is 9.08. The first-order valence-electron chi connectivity index (χ1n) is 5.83. The molecule has 0 radical (unpaired) electrons. The van der Waals surface area contributed by atoms with Crippen LogP contribution in [0.15, 0.2) is 5.38 Å². The molecule has 0 saturated carbocycles. The summed E-state index contributed by atoms with van der Waals surface area (Å²) in [5.41, 5.74) is 0.139. The topological polar surface area (TPSA) is 109 Å². The summed E-state index contributed by atoms with van der Waals surface area (Å²) >= 11 is 1.13. The van der Waals surface area contributed by atoms with Gasteiger partial charge < -0.3 is 24.8 Å². The van der Waals surface area contributed by atoms with Crippen molar-refractivity contribution in [2.24, 2.45) is 0 Å². The van der Waals surface area contributed by atoms with Gasteiger partial charge in [-0.2, -0.15) is 0 Å². The summed E-state index contributed by atoms with van der Waals surface area (Å²) in [5.74, 6) is -0.545. The molecule has 7 nitrogen and oxygen atoms in total.